The predicted octanol–water partition coefficient (Wildman–Crippen LogP) is 2.78. The summed E-state index contributed by atoms with van der Waals surface area (Å²) in [6, 6.07) is 7.49. The molecule has 1 rings (SSSR count). The SMILES string of the molecule is CCCCNC(N)=NCC(C)Oc1ccc(OC)cc1.I. The van der Waals surface area contributed by atoms with Gasteiger partial charge in [0, 0.05) is 6.54 Å². The van der Waals surface area contributed by atoms with Crippen molar-refractivity contribution in [3.05, 3.63) is 24.3 Å². The third-order valence-electron chi connectivity index (χ3n) is 2.75. The Morgan fingerprint density at radius 1 is 1.29 bits per heavy atom. The Bertz CT molecular complexity index is 410. The summed E-state index contributed by atoms with van der Waals surface area (Å²) >= 11 is 0. The number of hydrogen-bond donors (Lipinski definition) is 2. The Morgan fingerprint density at radius 3 is 2.48 bits per heavy atom. The fraction of sp³-hybridized carbons (Fsp3) is 0.533. The average molecular weight is 407 g/mol. The number of aliphatic imine (C=N–C) groups is 1. The van der Waals surface area contributed by atoms with Crippen molar-refractivity contribution in [3.63, 3.8) is 0 Å². The van der Waals surface area contributed by atoms with Gasteiger partial charge in [0.2, 0.25) is 0 Å². The molecule has 0 fully saturated rings. The zero-order valence-corrected chi connectivity index (χ0v) is 15.3. The summed E-state index contributed by atoms with van der Waals surface area (Å²) in [4.78, 5) is 4.26. The van der Waals surface area contributed by atoms with Crippen molar-refractivity contribution < 1.29 is 9.47 Å². The lowest BCUT2D eigenvalue weighted by Gasteiger charge is -2.13. The molecule has 120 valence electrons. The van der Waals surface area contributed by atoms with Gasteiger partial charge in [-0.1, -0.05) is 13.3 Å². The minimum absolute atomic E-state index is 0. The first-order chi connectivity index (χ1) is 9.65. The van der Waals surface area contributed by atoms with Crippen LogP contribution in [0.15, 0.2) is 29.3 Å². The number of rotatable bonds is 8. The van der Waals surface area contributed by atoms with E-state index in [1.54, 1.807) is 7.11 Å². The number of nitrogens with two attached hydrogens (primary N) is 1. The highest BCUT2D eigenvalue weighted by molar-refractivity contribution is 14.0. The van der Waals surface area contributed by atoms with Crippen LogP contribution in [-0.2, 0) is 0 Å². The third-order valence-corrected chi connectivity index (χ3v) is 2.75. The summed E-state index contributed by atoms with van der Waals surface area (Å²) < 4.78 is 10.8. The summed E-state index contributed by atoms with van der Waals surface area (Å²) in [5.41, 5.74) is 5.76. The Hall–Kier alpha value is -1.18. The molecule has 1 aromatic rings. The van der Waals surface area contributed by atoms with Gasteiger partial charge in [0.25, 0.3) is 0 Å². The molecule has 0 radical (unpaired) electrons. The number of methoxy groups -OCH3 is 1. The van der Waals surface area contributed by atoms with Crippen LogP contribution in [0.25, 0.3) is 0 Å². The molecule has 3 N–H and O–H groups in total. The van der Waals surface area contributed by atoms with E-state index in [0.717, 1.165) is 30.9 Å². The zero-order valence-electron chi connectivity index (χ0n) is 13.0. The van der Waals surface area contributed by atoms with Crippen LogP contribution in [0.4, 0.5) is 0 Å². The smallest absolute Gasteiger partial charge is 0.188 e. The van der Waals surface area contributed by atoms with E-state index in [4.69, 9.17) is 15.2 Å². The second kappa shape index (κ2) is 11.5. The van der Waals surface area contributed by atoms with Crippen molar-refractivity contribution in [1.82, 2.24) is 5.32 Å². The lowest BCUT2D eigenvalue weighted by atomic mass is 10.3. The number of ether oxygens (including phenoxy) is 2. The molecule has 6 heteroatoms. The van der Waals surface area contributed by atoms with Gasteiger partial charge in [-0.25, -0.2) is 4.99 Å². The van der Waals surface area contributed by atoms with Crippen LogP contribution in [0.1, 0.15) is 26.7 Å². The third kappa shape index (κ3) is 8.64. The maximum Gasteiger partial charge on any atom is 0.188 e. The first kappa shape index (κ1) is 19.8. The molecule has 0 amide bonds. The Kier molecular flexibility index (Phi) is 10.8. The molecule has 0 spiro atoms. The monoisotopic (exact) mass is 407 g/mol. The van der Waals surface area contributed by atoms with E-state index in [-0.39, 0.29) is 30.1 Å². The topological polar surface area (TPSA) is 68.9 Å². The summed E-state index contributed by atoms with van der Waals surface area (Å²) in [5.74, 6) is 2.09. The van der Waals surface area contributed by atoms with Gasteiger partial charge in [-0.05, 0) is 37.6 Å². The maximum absolute atomic E-state index is 5.76. The summed E-state index contributed by atoms with van der Waals surface area (Å²) in [5, 5.41) is 3.07. The minimum atomic E-state index is -0.0325. The minimum Gasteiger partial charge on any atom is -0.497 e. The molecule has 0 bridgehead atoms. The Balaban J connectivity index is 0.00000400. The molecular weight excluding hydrogens is 381 g/mol. The van der Waals surface area contributed by atoms with Crippen molar-refractivity contribution >= 4 is 29.9 Å². The van der Waals surface area contributed by atoms with E-state index in [2.05, 4.69) is 17.2 Å². The van der Waals surface area contributed by atoms with E-state index in [9.17, 15) is 0 Å². The molecule has 0 aliphatic rings. The molecule has 0 aliphatic heterocycles. The molecule has 1 aromatic carbocycles. The summed E-state index contributed by atoms with van der Waals surface area (Å²) in [7, 11) is 1.64. The van der Waals surface area contributed by atoms with Gasteiger partial charge < -0.3 is 20.5 Å². The number of halogens is 1. The van der Waals surface area contributed by atoms with Crippen LogP contribution in [-0.4, -0.2) is 32.3 Å². The highest BCUT2D eigenvalue weighted by Gasteiger charge is 2.03. The van der Waals surface area contributed by atoms with Crippen molar-refractivity contribution in [2.45, 2.75) is 32.8 Å². The van der Waals surface area contributed by atoms with Gasteiger partial charge in [-0.3, -0.25) is 0 Å². The standard InChI is InChI=1S/C15H25N3O2.HI/c1-4-5-10-17-15(16)18-11-12(2)20-14-8-6-13(19-3)7-9-14;/h6-9,12H,4-5,10-11H2,1-3H3,(H3,16,17,18);1H. The van der Waals surface area contributed by atoms with E-state index in [1.807, 2.05) is 31.2 Å². The zero-order chi connectivity index (χ0) is 14.8. The van der Waals surface area contributed by atoms with Crippen molar-refractivity contribution in [2.75, 3.05) is 20.2 Å². The molecule has 0 aliphatic carbocycles. The fourth-order valence-corrected chi connectivity index (χ4v) is 1.60. The van der Waals surface area contributed by atoms with Crippen molar-refractivity contribution in [2.24, 2.45) is 10.7 Å². The van der Waals surface area contributed by atoms with Gasteiger partial charge >= 0.3 is 0 Å². The number of nitrogens with one attached hydrogen (secondary N) is 1. The van der Waals surface area contributed by atoms with E-state index >= 15 is 0 Å². The molecule has 5 nitrogen and oxygen atoms in total. The highest BCUT2D eigenvalue weighted by Crippen LogP contribution is 2.18. The van der Waals surface area contributed by atoms with Gasteiger partial charge in [-0.15, -0.1) is 24.0 Å². The second-order valence-corrected chi connectivity index (χ2v) is 4.61. The fourth-order valence-electron chi connectivity index (χ4n) is 1.60. The maximum atomic E-state index is 5.76. The molecule has 0 aromatic heterocycles. The summed E-state index contributed by atoms with van der Waals surface area (Å²) in [6.07, 6.45) is 2.20. The van der Waals surface area contributed by atoms with Gasteiger partial charge in [-0.2, -0.15) is 0 Å². The molecule has 0 saturated heterocycles. The molecule has 1 unspecified atom stereocenters. The molecular formula is C15H26IN3O2. The number of hydrogen-bond acceptors (Lipinski definition) is 3. The van der Waals surface area contributed by atoms with E-state index < -0.39 is 0 Å². The van der Waals surface area contributed by atoms with Crippen LogP contribution in [0.3, 0.4) is 0 Å². The lowest BCUT2D eigenvalue weighted by molar-refractivity contribution is 0.230. The number of nitrogens with zero attached hydrogens (tertiary/aromatic N) is 1. The van der Waals surface area contributed by atoms with Gasteiger partial charge in [0.1, 0.15) is 17.6 Å². The van der Waals surface area contributed by atoms with E-state index in [1.165, 1.54) is 0 Å². The summed E-state index contributed by atoms with van der Waals surface area (Å²) in [6.45, 7) is 5.49. The van der Waals surface area contributed by atoms with Crippen LogP contribution in [0, 0.1) is 0 Å². The molecule has 0 saturated carbocycles. The van der Waals surface area contributed by atoms with E-state index in [0.29, 0.717) is 12.5 Å². The van der Waals surface area contributed by atoms with Gasteiger partial charge in [0.15, 0.2) is 5.96 Å². The number of benzene rings is 1. The Labute approximate surface area is 144 Å². The van der Waals surface area contributed by atoms with Crippen LogP contribution < -0.4 is 20.5 Å². The number of guanidine groups is 1. The predicted molar refractivity (Wildman–Crippen MR) is 97.9 cm³/mol. The van der Waals surface area contributed by atoms with Crippen LogP contribution in [0.5, 0.6) is 11.5 Å². The van der Waals surface area contributed by atoms with Crippen LogP contribution in [0.2, 0.25) is 0 Å². The quantitative estimate of drug-likeness (QED) is 0.301. The molecule has 21 heavy (non-hydrogen) atoms. The van der Waals surface area contributed by atoms with Crippen molar-refractivity contribution in [3.8, 4) is 11.5 Å². The highest BCUT2D eigenvalue weighted by atomic mass is 127. The average Bonchev–Trinajstić information content (AvgIpc) is 2.46. The van der Waals surface area contributed by atoms with Gasteiger partial charge in [0.05, 0.1) is 13.7 Å². The van der Waals surface area contributed by atoms with Crippen molar-refractivity contribution in [1.29, 1.82) is 0 Å². The largest absolute Gasteiger partial charge is 0.497 e. The molecule has 1 atom stereocenters. The van der Waals surface area contributed by atoms with Crippen LogP contribution >= 0.6 is 24.0 Å². The second-order valence-electron chi connectivity index (χ2n) is 4.61. The normalized spacial score (nSPS) is 12.2. The Morgan fingerprint density at radius 2 is 1.90 bits per heavy atom. The molecule has 0 heterocycles. The first-order valence-electron chi connectivity index (χ1n) is 7.00. The number of unbranched alkanes of at least 4 members (excludes halogenated alkanes) is 1. The first-order valence-corrected chi connectivity index (χ1v) is 7.00. The lowest BCUT2D eigenvalue weighted by Crippen LogP contribution is -2.33.